The van der Waals surface area contributed by atoms with Crippen LogP contribution in [-0.4, -0.2) is 26.4 Å². The molecule has 1 unspecified atom stereocenters. The van der Waals surface area contributed by atoms with Gasteiger partial charge in [-0.05, 0) is 25.0 Å². The summed E-state index contributed by atoms with van der Waals surface area (Å²) >= 11 is 0. The highest BCUT2D eigenvalue weighted by Gasteiger charge is 2.15. The van der Waals surface area contributed by atoms with E-state index < -0.39 is 0 Å². The Morgan fingerprint density at radius 1 is 1.59 bits per heavy atom. The van der Waals surface area contributed by atoms with Crippen LogP contribution in [0.4, 0.5) is 5.69 Å². The number of rotatable bonds is 4. The molecule has 0 radical (unpaired) electrons. The third kappa shape index (κ3) is 2.89. The number of hydrogen-bond acceptors (Lipinski definition) is 4. The summed E-state index contributed by atoms with van der Waals surface area (Å²) in [6.45, 7) is 1.64. The Hall–Kier alpha value is -1.73. The van der Waals surface area contributed by atoms with E-state index in [1.165, 1.54) is 0 Å². The lowest BCUT2D eigenvalue weighted by Gasteiger charge is -2.14. The second-order valence-corrected chi connectivity index (χ2v) is 4.04. The molecule has 2 rings (SSSR count). The van der Waals surface area contributed by atoms with E-state index in [9.17, 15) is 0 Å². The summed E-state index contributed by atoms with van der Waals surface area (Å²) in [5.41, 5.74) is 1.51. The minimum atomic E-state index is 0.287. The van der Waals surface area contributed by atoms with Gasteiger partial charge in [0.05, 0.1) is 30.5 Å². The predicted octanol–water partition coefficient (Wildman–Crippen LogP) is 2.16. The molecule has 90 valence electrons. The Morgan fingerprint density at radius 2 is 2.47 bits per heavy atom. The lowest BCUT2D eigenvalue weighted by atomic mass is 10.2. The van der Waals surface area contributed by atoms with Crippen LogP contribution in [0.15, 0.2) is 18.2 Å². The van der Waals surface area contributed by atoms with Crippen molar-refractivity contribution < 1.29 is 9.47 Å². The number of ether oxygens (including phenoxy) is 2. The molecular formula is C13H16N2O2. The first kappa shape index (κ1) is 11.7. The van der Waals surface area contributed by atoms with Crippen molar-refractivity contribution in [3.8, 4) is 11.8 Å². The average Bonchev–Trinajstić information content (AvgIpc) is 2.89. The van der Waals surface area contributed by atoms with Crippen molar-refractivity contribution in [1.82, 2.24) is 0 Å². The van der Waals surface area contributed by atoms with E-state index >= 15 is 0 Å². The first-order valence-corrected chi connectivity index (χ1v) is 5.77. The molecule has 17 heavy (non-hydrogen) atoms. The van der Waals surface area contributed by atoms with Crippen LogP contribution >= 0.6 is 0 Å². The zero-order valence-corrected chi connectivity index (χ0v) is 9.90. The van der Waals surface area contributed by atoms with E-state index in [-0.39, 0.29) is 6.10 Å². The summed E-state index contributed by atoms with van der Waals surface area (Å²) in [6, 6.07) is 7.47. The summed E-state index contributed by atoms with van der Waals surface area (Å²) in [5, 5.41) is 12.1. The third-order valence-electron chi connectivity index (χ3n) is 2.87. The number of anilines is 1. The van der Waals surface area contributed by atoms with Gasteiger partial charge < -0.3 is 14.8 Å². The summed E-state index contributed by atoms with van der Waals surface area (Å²) in [7, 11) is 1.60. The fraction of sp³-hybridized carbons (Fsp3) is 0.462. The second-order valence-electron chi connectivity index (χ2n) is 4.04. The van der Waals surface area contributed by atoms with E-state index in [4.69, 9.17) is 14.7 Å². The number of hydrogen-bond donors (Lipinski definition) is 1. The molecule has 1 aromatic carbocycles. The van der Waals surface area contributed by atoms with E-state index in [1.54, 1.807) is 19.2 Å². The number of methoxy groups -OCH3 is 1. The van der Waals surface area contributed by atoms with Crippen LogP contribution in [0.2, 0.25) is 0 Å². The highest BCUT2D eigenvalue weighted by atomic mass is 16.5. The van der Waals surface area contributed by atoms with Crippen LogP contribution in [-0.2, 0) is 4.74 Å². The van der Waals surface area contributed by atoms with Crippen molar-refractivity contribution in [2.75, 3.05) is 25.6 Å². The van der Waals surface area contributed by atoms with Crippen LogP contribution in [0.1, 0.15) is 18.4 Å². The Morgan fingerprint density at radius 3 is 3.12 bits per heavy atom. The maximum Gasteiger partial charge on any atom is 0.143 e. The summed E-state index contributed by atoms with van der Waals surface area (Å²) in [6.07, 6.45) is 2.53. The van der Waals surface area contributed by atoms with Crippen LogP contribution < -0.4 is 10.1 Å². The van der Waals surface area contributed by atoms with Gasteiger partial charge in [-0.15, -0.1) is 0 Å². The van der Waals surface area contributed by atoms with Gasteiger partial charge in [0.15, 0.2) is 0 Å². The normalized spacial score (nSPS) is 18.7. The van der Waals surface area contributed by atoms with Gasteiger partial charge in [0.1, 0.15) is 5.75 Å². The van der Waals surface area contributed by atoms with E-state index in [0.717, 1.165) is 31.7 Å². The van der Waals surface area contributed by atoms with Gasteiger partial charge in [-0.25, -0.2) is 0 Å². The zero-order valence-electron chi connectivity index (χ0n) is 9.90. The van der Waals surface area contributed by atoms with Gasteiger partial charge in [-0.3, -0.25) is 0 Å². The maximum absolute atomic E-state index is 8.80. The van der Waals surface area contributed by atoms with Gasteiger partial charge in [0.2, 0.25) is 0 Å². The van der Waals surface area contributed by atoms with Crippen molar-refractivity contribution in [3.63, 3.8) is 0 Å². The molecule has 0 aliphatic carbocycles. The average molecular weight is 232 g/mol. The number of nitriles is 1. The molecule has 1 atom stereocenters. The molecule has 1 N–H and O–H groups in total. The number of benzene rings is 1. The molecule has 4 nitrogen and oxygen atoms in total. The molecular weight excluding hydrogens is 216 g/mol. The second kappa shape index (κ2) is 5.55. The van der Waals surface area contributed by atoms with Gasteiger partial charge in [-0.2, -0.15) is 5.26 Å². The van der Waals surface area contributed by atoms with Crippen LogP contribution in [0, 0.1) is 11.3 Å². The Kier molecular flexibility index (Phi) is 3.84. The molecule has 4 heteroatoms. The fourth-order valence-electron chi connectivity index (χ4n) is 1.94. The van der Waals surface area contributed by atoms with Gasteiger partial charge in [-0.1, -0.05) is 0 Å². The van der Waals surface area contributed by atoms with Crippen LogP contribution in [0.3, 0.4) is 0 Å². The Bertz CT molecular complexity index is 420. The lowest BCUT2D eigenvalue weighted by molar-refractivity contribution is 0.120. The molecule has 1 aromatic rings. The molecule has 0 saturated carbocycles. The minimum absolute atomic E-state index is 0.287. The largest absolute Gasteiger partial charge is 0.495 e. The Balaban J connectivity index is 2.01. The monoisotopic (exact) mass is 232 g/mol. The topological polar surface area (TPSA) is 54.3 Å². The molecule has 0 bridgehead atoms. The first-order chi connectivity index (χ1) is 8.33. The van der Waals surface area contributed by atoms with Crippen molar-refractivity contribution in [1.29, 1.82) is 5.26 Å². The molecule has 1 heterocycles. The molecule has 1 fully saturated rings. The fourth-order valence-corrected chi connectivity index (χ4v) is 1.94. The van der Waals surface area contributed by atoms with Gasteiger partial charge in [0.25, 0.3) is 0 Å². The van der Waals surface area contributed by atoms with Crippen molar-refractivity contribution in [2.45, 2.75) is 18.9 Å². The number of nitrogens with one attached hydrogen (secondary N) is 1. The highest BCUT2D eigenvalue weighted by Crippen LogP contribution is 2.25. The molecule has 0 aromatic heterocycles. The minimum Gasteiger partial charge on any atom is -0.495 e. The Labute approximate surface area is 101 Å². The quantitative estimate of drug-likeness (QED) is 0.864. The summed E-state index contributed by atoms with van der Waals surface area (Å²) < 4.78 is 10.8. The van der Waals surface area contributed by atoms with Gasteiger partial charge >= 0.3 is 0 Å². The smallest absolute Gasteiger partial charge is 0.143 e. The van der Waals surface area contributed by atoms with Crippen molar-refractivity contribution in [2.24, 2.45) is 0 Å². The predicted molar refractivity (Wildman–Crippen MR) is 65.2 cm³/mol. The summed E-state index contributed by atoms with van der Waals surface area (Å²) in [5.74, 6) is 0.696. The molecule has 0 spiro atoms. The molecule has 1 aliphatic rings. The first-order valence-electron chi connectivity index (χ1n) is 5.77. The molecule has 1 aliphatic heterocycles. The van der Waals surface area contributed by atoms with Crippen molar-refractivity contribution in [3.05, 3.63) is 23.8 Å². The third-order valence-corrected chi connectivity index (χ3v) is 2.87. The van der Waals surface area contributed by atoms with Crippen LogP contribution in [0.25, 0.3) is 0 Å². The highest BCUT2D eigenvalue weighted by molar-refractivity contribution is 5.59. The van der Waals surface area contributed by atoms with Crippen LogP contribution in [0.5, 0.6) is 5.75 Å². The van der Waals surface area contributed by atoms with E-state index in [2.05, 4.69) is 11.4 Å². The van der Waals surface area contributed by atoms with E-state index in [0.29, 0.717) is 11.3 Å². The summed E-state index contributed by atoms with van der Waals surface area (Å²) in [4.78, 5) is 0. The van der Waals surface area contributed by atoms with E-state index in [1.807, 2.05) is 6.07 Å². The maximum atomic E-state index is 8.80. The molecule has 0 amide bonds. The van der Waals surface area contributed by atoms with Crippen molar-refractivity contribution >= 4 is 5.69 Å². The van der Waals surface area contributed by atoms with Gasteiger partial charge in [0, 0.05) is 19.2 Å². The lowest BCUT2D eigenvalue weighted by Crippen LogP contribution is -2.18. The number of nitrogens with zero attached hydrogens (tertiary/aromatic N) is 1. The standard InChI is InChI=1S/C13H16N2O2/c1-16-13-7-10(8-14)4-5-12(13)15-9-11-3-2-6-17-11/h4-5,7,11,15H,2-3,6,9H2,1H3. The SMILES string of the molecule is COc1cc(C#N)ccc1NCC1CCCO1. The zero-order chi connectivity index (χ0) is 12.1. The molecule has 1 saturated heterocycles.